The monoisotopic (exact) mass is 832 g/mol. The molecule has 18 nitrogen and oxygen atoms in total. The molecule has 5 heterocycles. The van der Waals surface area contributed by atoms with Crippen molar-refractivity contribution < 1.29 is 48.0 Å². The van der Waals surface area contributed by atoms with E-state index < -0.39 is 94.6 Å². The number of ether oxygens (including phenoxy) is 5. The SMILES string of the molecule is CC[C@@H]1OC(=O)[C@H](C)C(=O)[C@H](C)[C@@H](O[C@@H]2O[C@H](C)C[C@H](N(C)C)[C@H]2O)[C@](C)(OC)C[C@@H](C)C(=O)[C@@H](C)[C@H]2N(CCCn3cnc4c3c(=O)n(C)c(=O)n4C)C(=O)O[C@]12C. The number of likely N-dealkylation sites (N-methyl/N-ethyl adjacent to an activating group) is 1. The Hall–Kier alpha value is -3.97. The van der Waals surface area contributed by atoms with Crippen LogP contribution < -0.4 is 11.2 Å². The van der Waals surface area contributed by atoms with Crippen molar-refractivity contribution in [3.63, 3.8) is 0 Å². The minimum Gasteiger partial charge on any atom is -0.458 e. The number of carbonyl (C=O) groups is 4. The van der Waals surface area contributed by atoms with Crippen molar-refractivity contribution in [1.82, 2.24) is 28.5 Å². The predicted octanol–water partition coefficient (Wildman–Crippen LogP) is 2.03. The summed E-state index contributed by atoms with van der Waals surface area (Å²) < 4.78 is 35.0. The number of aliphatic hydroxyl groups excluding tert-OH is 1. The van der Waals surface area contributed by atoms with Gasteiger partial charge in [-0.1, -0.05) is 27.7 Å². The van der Waals surface area contributed by atoms with Crippen LogP contribution >= 0.6 is 0 Å². The van der Waals surface area contributed by atoms with E-state index in [1.807, 2.05) is 25.9 Å². The van der Waals surface area contributed by atoms with Crippen molar-refractivity contribution in [1.29, 1.82) is 0 Å². The highest BCUT2D eigenvalue weighted by molar-refractivity contribution is 6.00. The topological polar surface area (TPSA) is 203 Å². The molecule has 13 atom stereocenters. The number of Topliss-reactive ketones (excluding diaryl/α,β-unsaturated/α-hetero) is 2. The second kappa shape index (κ2) is 17.6. The van der Waals surface area contributed by atoms with E-state index in [9.17, 15) is 33.9 Å². The Morgan fingerprint density at radius 1 is 0.966 bits per heavy atom. The molecule has 3 aliphatic heterocycles. The molecule has 0 radical (unpaired) electrons. The standard InChI is InChI=1S/C41H64N6O12/c1-14-27-41(8)32(47(39(54)59-41)17-15-16-46-20-42-34-28(46)35(51)45(12)38(53)44(34)11)23(4)29(48)21(2)19-40(7,55-13)33(24(5)30(49)25(6)36(52)57-27)58-37-31(50)26(43(9)10)18-22(3)56-37/h20-27,31-33,37,50H,14-19H2,1-13H3/t21-,22-,23-,24+,25-,26+,27+,31-,32-,33-,37+,40-,41-/m1/s1. The summed E-state index contributed by atoms with van der Waals surface area (Å²) in [5.41, 5.74) is -3.38. The molecule has 0 unspecified atom stereocenters. The molecule has 330 valence electrons. The van der Waals surface area contributed by atoms with E-state index >= 15 is 0 Å². The number of aryl methyl sites for hydroxylation is 2. The minimum absolute atomic E-state index is 0.0733. The fourth-order valence-electron chi connectivity index (χ4n) is 9.69. The van der Waals surface area contributed by atoms with E-state index in [0.717, 1.165) is 4.57 Å². The predicted molar refractivity (Wildman–Crippen MR) is 214 cm³/mol. The van der Waals surface area contributed by atoms with E-state index in [1.54, 1.807) is 46.1 Å². The van der Waals surface area contributed by atoms with Crippen molar-refractivity contribution in [3.8, 4) is 0 Å². The molecular weight excluding hydrogens is 768 g/mol. The fourth-order valence-corrected chi connectivity index (χ4v) is 9.69. The van der Waals surface area contributed by atoms with Gasteiger partial charge in [-0.3, -0.25) is 28.3 Å². The maximum absolute atomic E-state index is 14.7. The summed E-state index contributed by atoms with van der Waals surface area (Å²) in [7, 11) is 8.09. The third kappa shape index (κ3) is 8.39. The smallest absolute Gasteiger partial charge is 0.410 e. The van der Waals surface area contributed by atoms with E-state index in [4.69, 9.17) is 23.7 Å². The van der Waals surface area contributed by atoms with Gasteiger partial charge in [0.05, 0.1) is 30.2 Å². The van der Waals surface area contributed by atoms with Crippen molar-refractivity contribution in [2.24, 2.45) is 37.8 Å². The number of rotatable bonds is 9. The molecule has 5 rings (SSSR count). The maximum Gasteiger partial charge on any atom is 0.410 e. The second-order valence-corrected chi connectivity index (χ2v) is 17.5. The third-order valence-corrected chi connectivity index (χ3v) is 13.2. The normalized spacial score (nSPS) is 36.5. The lowest BCUT2D eigenvalue weighted by atomic mass is 9.73. The summed E-state index contributed by atoms with van der Waals surface area (Å²) in [6.07, 6.45) is -2.76. The van der Waals surface area contributed by atoms with Crippen LogP contribution in [0.2, 0.25) is 0 Å². The molecule has 2 aromatic rings. The Kier molecular flexibility index (Phi) is 13.7. The molecule has 0 spiro atoms. The molecule has 2 aromatic heterocycles. The Morgan fingerprint density at radius 2 is 1.63 bits per heavy atom. The summed E-state index contributed by atoms with van der Waals surface area (Å²) >= 11 is 0. The number of carbonyl (C=O) groups excluding carboxylic acids is 4. The Balaban J connectivity index is 1.51. The number of aromatic nitrogens is 4. The molecule has 3 fully saturated rings. The van der Waals surface area contributed by atoms with Gasteiger partial charge in [0.15, 0.2) is 28.8 Å². The summed E-state index contributed by atoms with van der Waals surface area (Å²) in [6.45, 7) is 14.0. The lowest BCUT2D eigenvalue weighted by Crippen LogP contribution is -2.60. The number of aliphatic hydroxyl groups is 1. The minimum atomic E-state index is -1.50. The number of hydrogen-bond acceptors (Lipinski definition) is 14. The van der Waals surface area contributed by atoms with Crippen LogP contribution in [0.3, 0.4) is 0 Å². The van der Waals surface area contributed by atoms with Gasteiger partial charge in [-0.15, -0.1) is 0 Å². The number of cyclic esters (lactones) is 1. The molecule has 1 N–H and O–H groups in total. The van der Waals surface area contributed by atoms with Crippen LogP contribution in [0.4, 0.5) is 4.79 Å². The Labute approximate surface area is 345 Å². The van der Waals surface area contributed by atoms with Gasteiger partial charge >= 0.3 is 17.8 Å². The lowest BCUT2D eigenvalue weighted by Gasteiger charge is -2.47. The highest BCUT2D eigenvalue weighted by Gasteiger charge is 2.60. The molecule has 1 amide bonds. The molecule has 0 bridgehead atoms. The average Bonchev–Trinajstić information content (AvgIpc) is 3.73. The molecule has 18 heteroatoms. The second-order valence-electron chi connectivity index (χ2n) is 17.5. The zero-order valence-corrected chi connectivity index (χ0v) is 36.8. The zero-order chi connectivity index (χ0) is 44.0. The van der Waals surface area contributed by atoms with E-state index in [-0.39, 0.29) is 55.0 Å². The van der Waals surface area contributed by atoms with Gasteiger partial charge in [-0.25, -0.2) is 14.6 Å². The number of imidazole rings is 1. The highest BCUT2D eigenvalue weighted by atomic mass is 16.7. The molecule has 3 saturated heterocycles. The summed E-state index contributed by atoms with van der Waals surface area (Å²) in [5, 5.41) is 11.4. The first-order chi connectivity index (χ1) is 27.5. The van der Waals surface area contributed by atoms with E-state index in [0.29, 0.717) is 12.8 Å². The Morgan fingerprint density at radius 3 is 2.24 bits per heavy atom. The average molecular weight is 833 g/mol. The van der Waals surface area contributed by atoms with Gasteiger partial charge in [0.2, 0.25) is 0 Å². The lowest BCUT2D eigenvalue weighted by molar-refractivity contribution is -0.295. The molecular formula is C41H64N6O12. The van der Waals surface area contributed by atoms with Gasteiger partial charge < -0.3 is 43.2 Å². The van der Waals surface area contributed by atoms with Crippen molar-refractivity contribution in [2.75, 3.05) is 27.7 Å². The van der Waals surface area contributed by atoms with Gasteiger partial charge in [-0.05, 0) is 67.5 Å². The van der Waals surface area contributed by atoms with Crippen LogP contribution in [0.15, 0.2) is 15.9 Å². The molecule has 3 aliphatic rings. The van der Waals surface area contributed by atoms with Crippen LogP contribution in [0.5, 0.6) is 0 Å². The molecule has 0 aromatic carbocycles. The summed E-state index contributed by atoms with van der Waals surface area (Å²) in [6, 6.07) is -1.22. The van der Waals surface area contributed by atoms with Gasteiger partial charge in [-0.2, -0.15) is 0 Å². The number of amides is 1. The number of esters is 1. The maximum atomic E-state index is 14.7. The fraction of sp³-hybridized carbons (Fsp3) is 0.780. The first-order valence-electron chi connectivity index (χ1n) is 20.6. The first-order valence-corrected chi connectivity index (χ1v) is 20.6. The van der Waals surface area contributed by atoms with Crippen molar-refractivity contribution in [2.45, 2.75) is 142 Å². The van der Waals surface area contributed by atoms with Gasteiger partial charge in [0.1, 0.15) is 23.9 Å². The van der Waals surface area contributed by atoms with Crippen LogP contribution in [0.25, 0.3) is 11.2 Å². The van der Waals surface area contributed by atoms with E-state index in [1.165, 1.54) is 43.9 Å². The number of hydrogen-bond donors (Lipinski definition) is 1. The van der Waals surface area contributed by atoms with Gasteiger partial charge in [0, 0.05) is 58.1 Å². The van der Waals surface area contributed by atoms with Crippen LogP contribution in [0, 0.1) is 23.7 Å². The third-order valence-electron chi connectivity index (χ3n) is 13.2. The van der Waals surface area contributed by atoms with Crippen molar-refractivity contribution >= 4 is 34.8 Å². The first kappa shape index (κ1) is 46.1. The van der Waals surface area contributed by atoms with Crippen LogP contribution in [-0.4, -0.2) is 139 Å². The number of ketones is 2. The molecule has 0 saturated carbocycles. The number of methoxy groups -OCH3 is 1. The van der Waals surface area contributed by atoms with Crippen LogP contribution in [-0.2, 0) is 58.7 Å². The number of fused-ring (bicyclic) bond motifs is 2. The summed E-state index contributed by atoms with van der Waals surface area (Å²) in [5.74, 6) is -5.38. The van der Waals surface area contributed by atoms with Crippen LogP contribution in [0.1, 0.15) is 81.1 Å². The summed E-state index contributed by atoms with van der Waals surface area (Å²) in [4.78, 5) is 90.2. The number of nitrogens with zero attached hydrogens (tertiary/aromatic N) is 6. The largest absolute Gasteiger partial charge is 0.458 e. The quantitative estimate of drug-likeness (QED) is 0.284. The molecule has 59 heavy (non-hydrogen) atoms. The van der Waals surface area contributed by atoms with Crippen molar-refractivity contribution in [3.05, 3.63) is 27.2 Å². The molecule has 0 aliphatic carbocycles. The Bertz CT molecular complexity index is 2030. The van der Waals surface area contributed by atoms with Gasteiger partial charge in [0.25, 0.3) is 5.56 Å². The highest BCUT2D eigenvalue weighted by Crippen LogP contribution is 2.43. The zero-order valence-electron chi connectivity index (χ0n) is 36.8. The van der Waals surface area contributed by atoms with E-state index in [2.05, 4.69) is 4.98 Å².